The van der Waals surface area contributed by atoms with Gasteiger partial charge in [0, 0.05) is 18.1 Å². The van der Waals surface area contributed by atoms with E-state index >= 15 is 0 Å². The summed E-state index contributed by atoms with van der Waals surface area (Å²) in [5.74, 6) is -0.0465. The van der Waals surface area contributed by atoms with Crippen LogP contribution in [0.25, 0.3) is 10.9 Å². The number of carbonyl (C=O) groups is 1. The van der Waals surface area contributed by atoms with Crippen molar-refractivity contribution in [2.75, 3.05) is 25.3 Å². The van der Waals surface area contributed by atoms with Gasteiger partial charge in [-0.15, -0.1) is 0 Å². The van der Waals surface area contributed by atoms with Crippen molar-refractivity contribution in [3.8, 4) is 5.75 Å². The summed E-state index contributed by atoms with van der Waals surface area (Å²) in [5.41, 5.74) is 14.9. The zero-order valence-electron chi connectivity index (χ0n) is 20.0. The lowest BCUT2D eigenvalue weighted by Crippen LogP contribution is -2.38. The number of hydrogen-bond donors (Lipinski definition) is 6. The van der Waals surface area contributed by atoms with E-state index in [9.17, 15) is 21.6 Å². The average molecular weight is 544 g/mol. The molecule has 1 amide bonds. The first kappa shape index (κ1) is 30.4. The first-order valence-corrected chi connectivity index (χ1v) is 13.6. The molecule has 1 heterocycles. The second kappa shape index (κ2) is 12.3. The Morgan fingerprint density at radius 2 is 1.56 bits per heavy atom. The molecule has 0 radical (unpaired) electrons. The van der Waals surface area contributed by atoms with Crippen molar-refractivity contribution in [1.29, 1.82) is 5.41 Å². The molecule has 0 saturated carbocycles. The van der Waals surface area contributed by atoms with E-state index in [1.165, 1.54) is 7.05 Å². The molecule has 1 aromatic heterocycles. The van der Waals surface area contributed by atoms with Gasteiger partial charge in [-0.1, -0.05) is 18.2 Å². The van der Waals surface area contributed by atoms with Gasteiger partial charge in [0.15, 0.2) is 5.96 Å². The number of nitrogens with two attached hydrogens (primary N) is 2. The van der Waals surface area contributed by atoms with Crippen LogP contribution in [0.3, 0.4) is 0 Å². The van der Waals surface area contributed by atoms with Gasteiger partial charge >= 0.3 is 0 Å². The number of hydrogen-bond acceptors (Lipinski definition) is 8. The number of benzene rings is 2. The maximum absolute atomic E-state index is 12.4. The van der Waals surface area contributed by atoms with Crippen LogP contribution in [0, 0.1) is 12.3 Å². The molecule has 3 aromatic rings. The Bertz CT molecular complexity index is 1390. The summed E-state index contributed by atoms with van der Waals surface area (Å²) in [6.07, 6.45) is 1.43. The van der Waals surface area contributed by atoms with Crippen LogP contribution >= 0.6 is 0 Å². The predicted molar refractivity (Wildman–Crippen MR) is 137 cm³/mol. The molecule has 3 rings (SSSR count). The number of guanidine groups is 1. The van der Waals surface area contributed by atoms with Crippen LogP contribution in [0.2, 0.25) is 0 Å². The van der Waals surface area contributed by atoms with Gasteiger partial charge in [0.05, 0.1) is 18.0 Å². The Morgan fingerprint density at radius 1 is 1.06 bits per heavy atom. The number of nitrogens with zero attached hydrogens (tertiary/aromatic N) is 1. The summed E-state index contributed by atoms with van der Waals surface area (Å²) in [6, 6.07) is 13.0. The van der Waals surface area contributed by atoms with Crippen molar-refractivity contribution in [2.45, 2.75) is 13.5 Å². The molecule has 0 bridgehead atoms. The number of ether oxygens (including phenoxy) is 1. The quantitative estimate of drug-likeness (QED) is 0.120. The molecule has 15 heteroatoms. The minimum atomic E-state index is -3.67. The van der Waals surface area contributed by atoms with E-state index < -0.39 is 20.2 Å². The van der Waals surface area contributed by atoms with Crippen LogP contribution in [0.5, 0.6) is 5.75 Å². The average Bonchev–Trinajstić information content (AvgIpc) is 3.17. The third kappa shape index (κ3) is 11.2. The van der Waals surface area contributed by atoms with Gasteiger partial charge in [-0.2, -0.15) is 16.8 Å². The lowest BCUT2D eigenvalue weighted by molar-refractivity contribution is 0.0864. The molecule has 0 spiro atoms. The second-order valence-corrected chi connectivity index (χ2v) is 10.5. The third-order valence-electron chi connectivity index (χ3n) is 4.24. The van der Waals surface area contributed by atoms with Crippen LogP contribution < -0.4 is 16.2 Å². The molecule has 0 unspecified atom stereocenters. The van der Waals surface area contributed by atoms with Gasteiger partial charge in [0.2, 0.25) is 0 Å². The number of nitrogens with one attached hydrogen (secondary N) is 2. The minimum absolute atomic E-state index is 0.315. The summed E-state index contributed by atoms with van der Waals surface area (Å²) >= 11 is 0. The zero-order chi connectivity index (χ0) is 27.8. The molecule has 0 aliphatic carbocycles. The maximum atomic E-state index is 12.4. The van der Waals surface area contributed by atoms with E-state index in [2.05, 4.69) is 4.98 Å². The molecule has 0 aliphatic heterocycles. The Kier molecular flexibility index (Phi) is 10.4. The molecule has 0 saturated heterocycles. The number of carbonyl (C=O) groups excluding carboxylic acids is 1. The maximum Gasteiger partial charge on any atom is 0.276 e. The van der Waals surface area contributed by atoms with Gasteiger partial charge in [0.25, 0.3) is 26.1 Å². The van der Waals surface area contributed by atoms with E-state index in [1.807, 2.05) is 43.3 Å². The van der Waals surface area contributed by atoms with Crippen LogP contribution in [-0.4, -0.2) is 67.3 Å². The molecule has 8 N–H and O–H groups in total. The Balaban J connectivity index is 0.000000550. The molecule has 0 atom stereocenters. The van der Waals surface area contributed by atoms with Crippen molar-refractivity contribution < 1.29 is 35.5 Å². The van der Waals surface area contributed by atoms with Crippen molar-refractivity contribution in [1.82, 2.24) is 9.88 Å². The predicted octanol–water partition coefficient (Wildman–Crippen LogP) is 1.61. The van der Waals surface area contributed by atoms with Gasteiger partial charge < -0.3 is 21.2 Å². The normalized spacial score (nSPS) is 10.9. The van der Waals surface area contributed by atoms with Crippen molar-refractivity contribution in [2.24, 2.45) is 5.73 Å². The van der Waals surface area contributed by atoms with E-state index in [4.69, 9.17) is 30.7 Å². The molecule has 0 fully saturated rings. The first-order chi connectivity index (χ1) is 16.4. The van der Waals surface area contributed by atoms with Crippen molar-refractivity contribution >= 4 is 48.7 Å². The topological polar surface area (TPSA) is 230 Å². The smallest absolute Gasteiger partial charge is 0.276 e. The lowest BCUT2D eigenvalue weighted by Gasteiger charge is -2.12. The number of aromatic amines is 1. The second-order valence-electron chi connectivity index (χ2n) is 7.60. The fourth-order valence-electron chi connectivity index (χ4n) is 2.63. The monoisotopic (exact) mass is 543 g/mol. The summed E-state index contributed by atoms with van der Waals surface area (Å²) in [7, 11) is -5.87. The summed E-state index contributed by atoms with van der Waals surface area (Å²) in [5, 5.41) is 8.30. The van der Waals surface area contributed by atoms with Crippen LogP contribution in [0.4, 0.5) is 5.69 Å². The number of nitrogen functional groups attached to an aromatic ring is 1. The van der Waals surface area contributed by atoms with Crippen LogP contribution in [-0.2, 0) is 26.8 Å². The number of aryl methyl sites for hydroxylation is 1. The number of fused-ring (bicyclic) bond motifs is 1. The largest absolute Gasteiger partial charge is 0.487 e. The molecular formula is C21H29N5O8S2. The number of aromatic nitrogens is 1. The molecule has 36 heavy (non-hydrogen) atoms. The molecular weight excluding hydrogens is 514 g/mol. The van der Waals surface area contributed by atoms with Crippen molar-refractivity contribution in [3.05, 3.63) is 59.3 Å². The molecule has 2 aromatic carbocycles. The Morgan fingerprint density at radius 3 is 2.03 bits per heavy atom. The van der Waals surface area contributed by atoms with E-state index in [0.717, 1.165) is 26.9 Å². The van der Waals surface area contributed by atoms with Crippen molar-refractivity contribution in [3.63, 3.8) is 0 Å². The van der Waals surface area contributed by atoms with E-state index in [1.54, 1.807) is 6.07 Å². The van der Waals surface area contributed by atoms with Crippen LogP contribution in [0.15, 0.2) is 42.5 Å². The van der Waals surface area contributed by atoms with Gasteiger partial charge in [0.1, 0.15) is 18.1 Å². The Hall–Kier alpha value is -3.66. The van der Waals surface area contributed by atoms with Gasteiger partial charge in [-0.3, -0.25) is 24.2 Å². The lowest BCUT2D eigenvalue weighted by atomic mass is 10.1. The number of rotatable bonds is 4. The number of amides is 1. The highest BCUT2D eigenvalue weighted by Gasteiger charge is 2.18. The standard InChI is InChI=1S/C19H21N5O2.2CH4O3S/c1-11-3-8-16(26-10-12-4-6-13(20)7-5-12)17-14(11)9-15(23-17)18(25)24(2)19(21)22;2*1-5(2,3)4/h3-9,23H,10,20H2,1-2H3,(H3,21,22);2*1H3,(H,2,3,4). The summed E-state index contributed by atoms with van der Waals surface area (Å²) < 4.78 is 57.7. The molecule has 198 valence electrons. The molecule has 13 nitrogen and oxygen atoms in total. The third-order valence-corrected chi connectivity index (χ3v) is 4.24. The highest BCUT2D eigenvalue weighted by molar-refractivity contribution is 7.85. The number of anilines is 1. The van der Waals surface area contributed by atoms with E-state index in [-0.39, 0.29) is 11.9 Å². The fourth-order valence-corrected chi connectivity index (χ4v) is 2.63. The number of H-pyrrole nitrogens is 1. The van der Waals surface area contributed by atoms with Gasteiger partial charge in [-0.25, -0.2) is 0 Å². The summed E-state index contributed by atoms with van der Waals surface area (Å²) in [4.78, 5) is 16.6. The zero-order valence-corrected chi connectivity index (χ0v) is 21.6. The molecule has 0 aliphatic rings. The van der Waals surface area contributed by atoms with Crippen LogP contribution in [0.1, 0.15) is 21.6 Å². The minimum Gasteiger partial charge on any atom is -0.487 e. The van der Waals surface area contributed by atoms with Gasteiger partial charge in [-0.05, 0) is 42.3 Å². The van der Waals surface area contributed by atoms with E-state index in [0.29, 0.717) is 36.2 Å². The SMILES string of the molecule is CS(=O)(=O)O.CS(=O)(=O)O.Cc1ccc(OCc2ccc(N)cc2)c2[nH]c(C(=O)N(C)C(=N)N)cc12. The first-order valence-electron chi connectivity index (χ1n) is 9.93. The fraction of sp³-hybridized carbons (Fsp3) is 0.238. The Labute approximate surface area is 209 Å². The highest BCUT2D eigenvalue weighted by Crippen LogP contribution is 2.29. The summed E-state index contributed by atoms with van der Waals surface area (Å²) in [6.45, 7) is 2.34. The highest BCUT2D eigenvalue weighted by atomic mass is 32.2.